The summed E-state index contributed by atoms with van der Waals surface area (Å²) in [6.45, 7) is 3.98. The van der Waals surface area contributed by atoms with Crippen molar-refractivity contribution in [3.05, 3.63) is 47.5 Å². The normalized spacial score (nSPS) is 14.6. The summed E-state index contributed by atoms with van der Waals surface area (Å²) in [5.41, 5.74) is 2.07. The first-order chi connectivity index (χ1) is 13.1. The van der Waals surface area contributed by atoms with Crippen LogP contribution in [0.25, 0.3) is 0 Å². The third kappa shape index (κ3) is 3.53. The lowest BCUT2D eigenvalue weighted by molar-refractivity contribution is -0.118. The number of amides is 2. The lowest BCUT2D eigenvalue weighted by Gasteiger charge is -2.24. The Hall–Kier alpha value is -3.22. The fraction of sp³-hybridized carbons (Fsp3) is 0.300. The number of ether oxygens (including phenoxy) is 3. The van der Waals surface area contributed by atoms with Gasteiger partial charge in [-0.05, 0) is 42.8 Å². The SMILES string of the molecule is CCN(Cc1ccc2c(c1)OCCO2)C(=O)c1ccc2c(c1)OCC(=O)N2. The summed E-state index contributed by atoms with van der Waals surface area (Å²) >= 11 is 0. The lowest BCUT2D eigenvalue weighted by Crippen LogP contribution is -2.31. The number of hydrogen-bond acceptors (Lipinski definition) is 5. The fourth-order valence-corrected chi connectivity index (χ4v) is 3.12. The summed E-state index contributed by atoms with van der Waals surface area (Å²) in [5, 5.41) is 2.72. The average molecular weight is 368 g/mol. The van der Waals surface area contributed by atoms with Crippen LogP contribution in [0.4, 0.5) is 5.69 Å². The van der Waals surface area contributed by atoms with Crippen LogP contribution >= 0.6 is 0 Å². The Morgan fingerprint density at radius 1 is 1.04 bits per heavy atom. The molecule has 7 heteroatoms. The van der Waals surface area contributed by atoms with Crippen LogP contribution in [-0.4, -0.2) is 43.1 Å². The molecule has 2 amide bonds. The largest absolute Gasteiger partial charge is 0.486 e. The maximum absolute atomic E-state index is 12.9. The molecule has 140 valence electrons. The maximum Gasteiger partial charge on any atom is 0.262 e. The third-order valence-electron chi connectivity index (χ3n) is 4.51. The van der Waals surface area contributed by atoms with E-state index in [-0.39, 0.29) is 18.4 Å². The second-order valence-electron chi connectivity index (χ2n) is 6.35. The Kier molecular flexibility index (Phi) is 4.58. The highest BCUT2D eigenvalue weighted by molar-refractivity contribution is 5.99. The van der Waals surface area contributed by atoms with Gasteiger partial charge in [-0.2, -0.15) is 0 Å². The minimum Gasteiger partial charge on any atom is -0.486 e. The van der Waals surface area contributed by atoms with Gasteiger partial charge in [0.1, 0.15) is 19.0 Å². The van der Waals surface area contributed by atoms with Crippen LogP contribution < -0.4 is 19.5 Å². The van der Waals surface area contributed by atoms with Gasteiger partial charge in [0.25, 0.3) is 11.8 Å². The van der Waals surface area contributed by atoms with E-state index in [1.807, 2.05) is 25.1 Å². The molecule has 27 heavy (non-hydrogen) atoms. The molecule has 2 heterocycles. The molecule has 0 saturated heterocycles. The van der Waals surface area contributed by atoms with Crippen molar-refractivity contribution in [3.63, 3.8) is 0 Å². The van der Waals surface area contributed by atoms with Crippen molar-refractivity contribution in [2.75, 3.05) is 31.7 Å². The van der Waals surface area contributed by atoms with E-state index < -0.39 is 0 Å². The third-order valence-corrected chi connectivity index (χ3v) is 4.51. The van der Waals surface area contributed by atoms with Gasteiger partial charge in [-0.25, -0.2) is 0 Å². The van der Waals surface area contributed by atoms with E-state index in [4.69, 9.17) is 14.2 Å². The van der Waals surface area contributed by atoms with Gasteiger partial charge in [0.2, 0.25) is 0 Å². The highest BCUT2D eigenvalue weighted by atomic mass is 16.6. The minimum absolute atomic E-state index is 0.0423. The Morgan fingerprint density at radius 2 is 1.85 bits per heavy atom. The fourth-order valence-electron chi connectivity index (χ4n) is 3.12. The highest BCUT2D eigenvalue weighted by Gasteiger charge is 2.21. The first-order valence-corrected chi connectivity index (χ1v) is 8.88. The highest BCUT2D eigenvalue weighted by Crippen LogP contribution is 2.32. The number of fused-ring (bicyclic) bond motifs is 2. The average Bonchev–Trinajstić information content (AvgIpc) is 2.71. The van der Waals surface area contributed by atoms with E-state index in [1.165, 1.54) is 0 Å². The maximum atomic E-state index is 12.9. The van der Waals surface area contributed by atoms with Gasteiger partial charge in [-0.15, -0.1) is 0 Å². The molecule has 0 fully saturated rings. The Labute approximate surface area is 156 Å². The van der Waals surface area contributed by atoms with E-state index in [0.717, 1.165) is 11.3 Å². The van der Waals surface area contributed by atoms with Gasteiger partial charge in [-0.1, -0.05) is 6.07 Å². The van der Waals surface area contributed by atoms with Crippen molar-refractivity contribution >= 4 is 17.5 Å². The number of rotatable bonds is 4. The second kappa shape index (κ2) is 7.19. The first kappa shape index (κ1) is 17.2. The minimum atomic E-state index is -0.199. The molecule has 0 spiro atoms. The number of carbonyl (C=O) groups excluding carboxylic acids is 2. The van der Waals surface area contributed by atoms with Crippen molar-refractivity contribution in [2.24, 2.45) is 0 Å². The second-order valence-corrected chi connectivity index (χ2v) is 6.35. The van der Waals surface area contributed by atoms with Gasteiger partial charge in [-0.3, -0.25) is 9.59 Å². The number of nitrogens with one attached hydrogen (secondary N) is 1. The molecule has 0 unspecified atom stereocenters. The molecule has 0 saturated carbocycles. The lowest BCUT2D eigenvalue weighted by atomic mass is 10.1. The van der Waals surface area contributed by atoms with Crippen molar-refractivity contribution < 1.29 is 23.8 Å². The number of nitrogens with zero attached hydrogens (tertiary/aromatic N) is 1. The number of carbonyl (C=O) groups is 2. The summed E-state index contributed by atoms with van der Waals surface area (Å²) in [4.78, 5) is 26.1. The number of anilines is 1. The molecule has 0 atom stereocenters. The molecule has 0 aromatic heterocycles. The summed E-state index contributed by atoms with van der Waals surface area (Å²) in [5.74, 6) is 1.65. The zero-order valence-corrected chi connectivity index (χ0v) is 15.0. The van der Waals surface area contributed by atoms with Gasteiger partial charge < -0.3 is 24.4 Å². The van der Waals surface area contributed by atoms with Crippen LogP contribution in [0.3, 0.4) is 0 Å². The molecular weight excluding hydrogens is 348 g/mol. The molecule has 2 aromatic rings. The Bertz CT molecular complexity index is 896. The standard InChI is InChI=1S/C20H20N2O5/c1-2-22(11-13-3-6-16-18(9-13)26-8-7-25-16)20(24)14-4-5-15-17(10-14)27-12-19(23)21-15/h3-6,9-10H,2,7-8,11-12H2,1H3,(H,21,23). The first-order valence-electron chi connectivity index (χ1n) is 8.88. The molecule has 0 bridgehead atoms. The van der Waals surface area contributed by atoms with Crippen LogP contribution in [0.1, 0.15) is 22.8 Å². The predicted molar refractivity (Wildman–Crippen MR) is 98.4 cm³/mol. The van der Waals surface area contributed by atoms with Crippen LogP contribution in [0.15, 0.2) is 36.4 Å². The van der Waals surface area contributed by atoms with Gasteiger partial charge in [0, 0.05) is 18.7 Å². The smallest absolute Gasteiger partial charge is 0.262 e. The number of hydrogen-bond donors (Lipinski definition) is 1. The molecule has 0 radical (unpaired) electrons. The van der Waals surface area contributed by atoms with Gasteiger partial charge in [0.15, 0.2) is 18.1 Å². The molecule has 1 N–H and O–H groups in total. The summed E-state index contributed by atoms with van der Waals surface area (Å²) in [6, 6.07) is 10.8. The van der Waals surface area contributed by atoms with Crippen LogP contribution in [-0.2, 0) is 11.3 Å². The van der Waals surface area contributed by atoms with E-state index in [2.05, 4.69) is 5.32 Å². The van der Waals surface area contributed by atoms with Crippen molar-refractivity contribution in [2.45, 2.75) is 13.5 Å². The van der Waals surface area contributed by atoms with E-state index in [9.17, 15) is 9.59 Å². The van der Waals surface area contributed by atoms with E-state index >= 15 is 0 Å². The van der Waals surface area contributed by atoms with Crippen molar-refractivity contribution in [3.8, 4) is 17.2 Å². The predicted octanol–water partition coefficient (Wildman–Crippen LogP) is 2.45. The quantitative estimate of drug-likeness (QED) is 0.897. The Morgan fingerprint density at radius 3 is 2.67 bits per heavy atom. The summed E-state index contributed by atoms with van der Waals surface area (Å²) in [6.07, 6.45) is 0. The van der Waals surface area contributed by atoms with Crippen molar-refractivity contribution in [1.82, 2.24) is 4.90 Å². The molecule has 2 aliphatic rings. The zero-order valence-electron chi connectivity index (χ0n) is 15.0. The van der Waals surface area contributed by atoms with Crippen LogP contribution in [0, 0.1) is 0 Å². The van der Waals surface area contributed by atoms with E-state index in [1.54, 1.807) is 23.1 Å². The topological polar surface area (TPSA) is 77.1 Å². The number of benzene rings is 2. The van der Waals surface area contributed by atoms with Crippen molar-refractivity contribution in [1.29, 1.82) is 0 Å². The molecule has 4 rings (SSSR count). The van der Waals surface area contributed by atoms with Gasteiger partial charge in [0.05, 0.1) is 5.69 Å². The molecule has 2 aliphatic heterocycles. The Balaban J connectivity index is 1.52. The van der Waals surface area contributed by atoms with Crippen LogP contribution in [0.5, 0.6) is 17.2 Å². The van der Waals surface area contributed by atoms with E-state index in [0.29, 0.717) is 49.1 Å². The monoisotopic (exact) mass is 368 g/mol. The molecule has 2 aromatic carbocycles. The summed E-state index contributed by atoms with van der Waals surface area (Å²) < 4.78 is 16.6. The molecule has 7 nitrogen and oxygen atoms in total. The summed E-state index contributed by atoms with van der Waals surface area (Å²) in [7, 11) is 0. The van der Waals surface area contributed by atoms with Crippen LogP contribution in [0.2, 0.25) is 0 Å². The molecule has 0 aliphatic carbocycles. The zero-order chi connectivity index (χ0) is 18.8. The molecular formula is C20H20N2O5. The van der Waals surface area contributed by atoms with Gasteiger partial charge >= 0.3 is 0 Å².